The van der Waals surface area contributed by atoms with E-state index in [4.69, 9.17) is 9.47 Å². The Balaban J connectivity index is 1.33. The van der Waals surface area contributed by atoms with E-state index in [0.29, 0.717) is 13.2 Å². The number of phenols is 1. The predicted molar refractivity (Wildman–Crippen MR) is 119 cm³/mol. The Morgan fingerprint density at radius 2 is 1.97 bits per heavy atom. The van der Waals surface area contributed by atoms with Crippen LogP contribution in [0.1, 0.15) is 28.5 Å². The fourth-order valence-electron chi connectivity index (χ4n) is 4.75. The van der Waals surface area contributed by atoms with Crippen LogP contribution in [0, 0.1) is 5.92 Å². The highest BCUT2D eigenvalue weighted by atomic mass is 19.1. The number of nitrogens with zero attached hydrogens (tertiary/aromatic N) is 3. The van der Waals surface area contributed by atoms with Gasteiger partial charge in [0.2, 0.25) is 0 Å². The first-order chi connectivity index (χ1) is 15.6. The van der Waals surface area contributed by atoms with Crippen molar-refractivity contribution in [2.45, 2.75) is 11.8 Å². The molecule has 1 saturated heterocycles. The second-order valence-electron chi connectivity index (χ2n) is 8.76. The number of fused-ring (bicyclic) bond motifs is 1. The number of alkyl halides is 1. The molecule has 2 aliphatic rings. The molecule has 32 heavy (non-hydrogen) atoms. The summed E-state index contributed by atoms with van der Waals surface area (Å²) in [6, 6.07) is 13.6. The van der Waals surface area contributed by atoms with Gasteiger partial charge in [0.25, 0.3) is 0 Å². The molecule has 2 atom stereocenters. The second kappa shape index (κ2) is 8.82. The molecule has 0 saturated carbocycles. The lowest BCUT2D eigenvalue weighted by atomic mass is 9.76. The first-order valence-electron chi connectivity index (χ1n) is 11.1. The monoisotopic (exact) mass is 437 g/mol. The number of aryl methyl sites for hydroxylation is 1. The predicted octanol–water partition coefficient (Wildman–Crippen LogP) is 3.71. The van der Waals surface area contributed by atoms with Crippen LogP contribution in [0.3, 0.4) is 0 Å². The van der Waals surface area contributed by atoms with Crippen LogP contribution in [0.25, 0.3) is 0 Å². The Labute approximate surface area is 187 Å². The SMILES string of the molecule is Cn1cc([C@@H]2COc3cc(O)ccc3[C@@H]2c2ccc(OCCN3CC(CF)C3)cc2)cn1. The summed E-state index contributed by atoms with van der Waals surface area (Å²) in [5, 5.41) is 14.3. The summed E-state index contributed by atoms with van der Waals surface area (Å²) in [5.41, 5.74) is 3.34. The lowest BCUT2D eigenvalue weighted by molar-refractivity contribution is 0.0668. The van der Waals surface area contributed by atoms with Crippen molar-refractivity contribution >= 4 is 0 Å². The van der Waals surface area contributed by atoms with E-state index in [1.165, 1.54) is 0 Å². The van der Waals surface area contributed by atoms with Crippen molar-refractivity contribution in [2.24, 2.45) is 13.0 Å². The zero-order chi connectivity index (χ0) is 22.1. The molecule has 0 bridgehead atoms. The molecule has 0 radical (unpaired) electrons. The molecular weight excluding hydrogens is 409 g/mol. The van der Waals surface area contributed by atoms with Gasteiger partial charge in [0.15, 0.2) is 0 Å². The maximum absolute atomic E-state index is 12.6. The molecule has 1 N–H and O–H groups in total. The fourth-order valence-corrected chi connectivity index (χ4v) is 4.75. The Hall–Kier alpha value is -3.06. The summed E-state index contributed by atoms with van der Waals surface area (Å²) in [6.45, 7) is 3.35. The molecule has 168 valence electrons. The van der Waals surface area contributed by atoms with E-state index in [1.807, 2.05) is 42.3 Å². The molecular formula is C25H28FN3O3. The molecule has 2 aliphatic heterocycles. The highest BCUT2D eigenvalue weighted by Crippen LogP contribution is 2.47. The Morgan fingerprint density at radius 1 is 1.16 bits per heavy atom. The minimum absolute atomic E-state index is 0.0799. The standard InChI is InChI=1S/C25H28FN3O3/c1-28-15-19(12-27-28)23-16-32-24-10-20(30)4-7-22(24)25(23)18-2-5-21(6-3-18)31-9-8-29-13-17(11-26)14-29/h2-7,10,12,15,17,23,25,30H,8-9,11,13-14,16H2,1H3/t23-,25-/m0/s1. The van der Waals surface area contributed by atoms with E-state index in [9.17, 15) is 9.50 Å². The van der Waals surface area contributed by atoms with E-state index in [0.717, 1.165) is 47.8 Å². The highest BCUT2D eigenvalue weighted by molar-refractivity contribution is 5.50. The van der Waals surface area contributed by atoms with Gasteiger partial charge in [0.1, 0.15) is 23.9 Å². The summed E-state index contributed by atoms with van der Waals surface area (Å²) >= 11 is 0. The van der Waals surface area contributed by atoms with Crippen LogP contribution in [0.5, 0.6) is 17.2 Å². The van der Waals surface area contributed by atoms with Crippen molar-refractivity contribution in [2.75, 3.05) is 39.5 Å². The molecule has 6 nitrogen and oxygen atoms in total. The van der Waals surface area contributed by atoms with Crippen LogP contribution < -0.4 is 9.47 Å². The van der Waals surface area contributed by atoms with Crippen LogP contribution >= 0.6 is 0 Å². The number of hydrogen-bond acceptors (Lipinski definition) is 5. The fraction of sp³-hybridized carbons (Fsp3) is 0.400. The molecule has 3 aromatic rings. The van der Waals surface area contributed by atoms with Crippen molar-refractivity contribution in [3.63, 3.8) is 0 Å². The minimum atomic E-state index is -0.228. The summed E-state index contributed by atoms with van der Waals surface area (Å²) in [7, 11) is 1.91. The zero-order valence-electron chi connectivity index (χ0n) is 18.2. The quantitative estimate of drug-likeness (QED) is 0.611. The van der Waals surface area contributed by atoms with Crippen molar-refractivity contribution < 1.29 is 19.0 Å². The number of ether oxygens (including phenoxy) is 2. The molecule has 5 rings (SSSR count). The molecule has 1 fully saturated rings. The van der Waals surface area contributed by atoms with Gasteiger partial charge in [-0.3, -0.25) is 14.0 Å². The van der Waals surface area contributed by atoms with Crippen molar-refractivity contribution in [1.29, 1.82) is 0 Å². The van der Waals surface area contributed by atoms with Gasteiger partial charge in [-0.2, -0.15) is 5.10 Å². The number of halogens is 1. The van der Waals surface area contributed by atoms with Gasteiger partial charge in [0, 0.05) is 62.3 Å². The molecule has 0 spiro atoms. The second-order valence-corrected chi connectivity index (χ2v) is 8.76. The van der Waals surface area contributed by atoms with Gasteiger partial charge >= 0.3 is 0 Å². The summed E-state index contributed by atoms with van der Waals surface area (Å²) in [4.78, 5) is 2.21. The van der Waals surface area contributed by atoms with Gasteiger partial charge in [0.05, 0.1) is 19.5 Å². The molecule has 3 heterocycles. The third kappa shape index (κ3) is 4.17. The molecule has 0 unspecified atom stereocenters. The summed E-state index contributed by atoms with van der Waals surface area (Å²) in [6.07, 6.45) is 3.93. The Bertz CT molecular complexity index is 1060. The maximum atomic E-state index is 12.6. The van der Waals surface area contributed by atoms with Crippen LogP contribution in [-0.4, -0.2) is 59.3 Å². The summed E-state index contributed by atoms with van der Waals surface area (Å²) < 4.78 is 26.3. The van der Waals surface area contributed by atoms with Crippen LogP contribution in [-0.2, 0) is 7.05 Å². The van der Waals surface area contributed by atoms with E-state index in [2.05, 4.69) is 22.1 Å². The zero-order valence-corrected chi connectivity index (χ0v) is 18.2. The molecule has 1 aromatic heterocycles. The normalized spacial score (nSPS) is 20.9. The smallest absolute Gasteiger partial charge is 0.126 e. The number of aromatic nitrogens is 2. The van der Waals surface area contributed by atoms with Crippen molar-refractivity contribution in [3.8, 4) is 17.2 Å². The van der Waals surface area contributed by atoms with Gasteiger partial charge in [-0.25, -0.2) is 0 Å². The van der Waals surface area contributed by atoms with Crippen molar-refractivity contribution in [3.05, 3.63) is 71.5 Å². The first-order valence-corrected chi connectivity index (χ1v) is 11.1. The average Bonchev–Trinajstić information content (AvgIpc) is 3.21. The molecule has 2 aromatic carbocycles. The van der Waals surface area contributed by atoms with Gasteiger partial charge in [-0.15, -0.1) is 0 Å². The van der Waals surface area contributed by atoms with Crippen molar-refractivity contribution in [1.82, 2.24) is 14.7 Å². The molecule has 0 aliphatic carbocycles. The van der Waals surface area contributed by atoms with Gasteiger partial charge in [-0.1, -0.05) is 18.2 Å². The largest absolute Gasteiger partial charge is 0.508 e. The third-order valence-electron chi connectivity index (χ3n) is 6.47. The lowest BCUT2D eigenvalue weighted by Crippen LogP contribution is -2.49. The number of rotatable bonds is 7. The highest BCUT2D eigenvalue weighted by Gasteiger charge is 2.34. The van der Waals surface area contributed by atoms with Crippen LogP contribution in [0.2, 0.25) is 0 Å². The minimum Gasteiger partial charge on any atom is -0.508 e. The lowest BCUT2D eigenvalue weighted by Gasteiger charge is -2.37. The Morgan fingerprint density at radius 3 is 2.69 bits per heavy atom. The molecule has 7 heteroatoms. The summed E-state index contributed by atoms with van der Waals surface area (Å²) in [5.74, 6) is 2.14. The van der Waals surface area contributed by atoms with E-state index in [1.54, 1.807) is 12.1 Å². The number of aromatic hydroxyl groups is 1. The number of phenolic OH excluding ortho intramolecular Hbond substituents is 1. The molecule has 0 amide bonds. The first kappa shape index (κ1) is 20.8. The Kier molecular flexibility index (Phi) is 5.74. The topological polar surface area (TPSA) is 59.8 Å². The number of benzene rings is 2. The number of hydrogen-bond donors (Lipinski definition) is 1. The maximum Gasteiger partial charge on any atom is 0.126 e. The van der Waals surface area contributed by atoms with Gasteiger partial charge < -0.3 is 14.6 Å². The van der Waals surface area contributed by atoms with E-state index < -0.39 is 0 Å². The van der Waals surface area contributed by atoms with Crippen LogP contribution in [0.4, 0.5) is 4.39 Å². The van der Waals surface area contributed by atoms with Crippen LogP contribution in [0.15, 0.2) is 54.9 Å². The average molecular weight is 438 g/mol. The van der Waals surface area contributed by atoms with E-state index in [-0.39, 0.29) is 30.2 Å². The van der Waals surface area contributed by atoms with Gasteiger partial charge in [-0.05, 0) is 29.3 Å². The number of likely N-dealkylation sites (tertiary alicyclic amines) is 1. The third-order valence-corrected chi connectivity index (χ3v) is 6.47. The van der Waals surface area contributed by atoms with E-state index >= 15 is 0 Å².